The van der Waals surface area contributed by atoms with E-state index in [0.717, 1.165) is 16.6 Å². The standard InChI is InChI=1S/C18H20N5OP/c1-12(17(24)13-5-7-14(25)8-6-13)20-18(15-4-3-11-23(15)2)21-16-9-10-19-22-16/h3-11,17,24H,1,25H2,2H3,(H2,19,20,21,22). The summed E-state index contributed by atoms with van der Waals surface area (Å²) in [5.41, 5.74) is 2.07. The molecule has 2 heterocycles. The van der Waals surface area contributed by atoms with Crippen LogP contribution >= 0.6 is 9.24 Å². The molecule has 0 bridgehead atoms. The number of aryl methyl sites for hydroxylation is 1. The molecule has 6 nitrogen and oxygen atoms in total. The van der Waals surface area contributed by atoms with E-state index in [-0.39, 0.29) is 0 Å². The van der Waals surface area contributed by atoms with Crippen LogP contribution in [0.1, 0.15) is 17.4 Å². The predicted molar refractivity (Wildman–Crippen MR) is 103 cm³/mol. The molecule has 0 fully saturated rings. The summed E-state index contributed by atoms with van der Waals surface area (Å²) in [6.07, 6.45) is 2.71. The zero-order chi connectivity index (χ0) is 17.8. The summed E-state index contributed by atoms with van der Waals surface area (Å²) in [6, 6.07) is 13.2. The van der Waals surface area contributed by atoms with E-state index in [1.807, 2.05) is 54.2 Å². The Morgan fingerprint density at radius 1 is 1.32 bits per heavy atom. The van der Waals surface area contributed by atoms with E-state index >= 15 is 0 Å². The smallest absolute Gasteiger partial charge is 0.156 e. The molecule has 0 amide bonds. The number of nitrogens with one attached hydrogen (secondary N) is 2. The van der Waals surface area contributed by atoms with Gasteiger partial charge in [-0.15, -0.1) is 9.24 Å². The first kappa shape index (κ1) is 17.1. The highest BCUT2D eigenvalue weighted by Crippen LogP contribution is 2.19. The van der Waals surface area contributed by atoms with Crippen LogP contribution in [0.5, 0.6) is 0 Å². The number of amidine groups is 1. The summed E-state index contributed by atoms with van der Waals surface area (Å²) < 4.78 is 1.94. The van der Waals surface area contributed by atoms with Gasteiger partial charge in [-0.05, 0) is 23.0 Å². The van der Waals surface area contributed by atoms with E-state index < -0.39 is 6.10 Å². The number of rotatable bonds is 5. The number of hydrogen-bond acceptors (Lipinski definition) is 3. The summed E-state index contributed by atoms with van der Waals surface area (Å²) in [5.74, 6) is 1.18. The highest BCUT2D eigenvalue weighted by Gasteiger charge is 2.16. The number of aromatic amines is 1. The Labute approximate surface area is 148 Å². The van der Waals surface area contributed by atoms with E-state index in [4.69, 9.17) is 0 Å². The number of aliphatic hydroxyl groups excluding tert-OH is 1. The van der Waals surface area contributed by atoms with Crippen LogP contribution in [0.15, 0.2) is 72.1 Å². The quantitative estimate of drug-likeness (QED) is 0.374. The molecule has 0 spiro atoms. The number of nitrogens with zero attached hydrogens (tertiary/aromatic N) is 3. The van der Waals surface area contributed by atoms with Crippen LogP contribution in [-0.4, -0.2) is 25.7 Å². The van der Waals surface area contributed by atoms with Crippen molar-refractivity contribution in [3.63, 3.8) is 0 Å². The lowest BCUT2D eigenvalue weighted by Gasteiger charge is -2.18. The first-order valence-electron chi connectivity index (χ1n) is 7.73. The Morgan fingerprint density at radius 3 is 2.68 bits per heavy atom. The largest absolute Gasteiger partial charge is 0.382 e. The zero-order valence-electron chi connectivity index (χ0n) is 13.8. The zero-order valence-corrected chi connectivity index (χ0v) is 15.0. The first-order chi connectivity index (χ1) is 12.0. The van der Waals surface area contributed by atoms with Crippen LogP contribution in [-0.2, 0) is 7.05 Å². The van der Waals surface area contributed by atoms with Crippen molar-refractivity contribution >= 4 is 26.2 Å². The van der Waals surface area contributed by atoms with Gasteiger partial charge in [-0.2, -0.15) is 5.10 Å². The van der Waals surface area contributed by atoms with Gasteiger partial charge in [0.25, 0.3) is 0 Å². The summed E-state index contributed by atoms with van der Waals surface area (Å²) in [7, 11) is 4.55. The minimum atomic E-state index is -0.849. The Morgan fingerprint density at radius 2 is 2.08 bits per heavy atom. The van der Waals surface area contributed by atoms with E-state index in [1.165, 1.54) is 0 Å². The molecular formula is C18H20N5OP. The number of H-pyrrole nitrogens is 1. The van der Waals surface area contributed by atoms with Gasteiger partial charge in [0.05, 0.1) is 11.9 Å². The molecule has 0 aliphatic rings. The average Bonchev–Trinajstić information content (AvgIpc) is 3.25. The maximum Gasteiger partial charge on any atom is 0.156 e. The van der Waals surface area contributed by atoms with Crippen molar-refractivity contribution in [1.82, 2.24) is 20.1 Å². The minimum absolute atomic E-state index is 0.441. The third kappa shape index (κ3) is 4.05. The molecule has 0 aliphatic heterocycles. The fourth-order valence-electron chi connectivity index (χ4n) is 2.39. The monoisotopic (exact) mass is 353 g/mol. The van der Waals surface area contributed by atoms with Crippen LogP contribution in [0.3, 0.4) is 0 Å². The van der Waals surface area contributed by atoms with Crippen molar-refractivity contribution in [2.45, 2.75) is 6.10 Å². The number of aliphatic hydroxyl groups is 1. The molecule has 3 rings (SSSR count). The van der Waals surface area contributed by atoms with E-state index in [1.54, 1.807) is 12.3 Å². The Kier molecular flexibility index (Phi) is 5.12. The molecule has 7 heteroatoms. The van der Waals surface area contributed by atoms with Gasteiger partial charge in [0.1, 0.15) is 11.9 Å². The Bertz CT molecular complexity index is 881. The third-order valence-electron chi connectivity index (χ3n) is 3.77. The van der Waals surface area contributed by atoms with Crippen LogP contribution < -0.4 is 10.6 Å². The Hall–Kier alpha value is -2.69. The highest BCUT2D eigenvalue weighted by molar-refractivity contribution is 7.27. The summed E-state index contributed by atoms with van der Waals surface area (Å²) in [6.45, 7) is 3.98. The maximum atomic E-state index is 10.6. The number of aromatic nitrogens is 3. The second-order valence-corrected chi connectivity index (χ2v) is 6.29. The molecule has 1 aromatic carbocycles. The topological polar surface area (TPSA) is 78.2 Å². The second-order valence-electron chi connectivity index (χ2n) is 5.63. The molecule has 0 radical (unpaired) electrons. The van der Waals surface area contributed by atoms with E-state index in [9.17, 15) is 5.11 Å². The fourth-order valence-corrected chi connectivity index (χ4v) is 2.58. The van der Waals surface area contributed by atoms with Crippen molar-refractivity contribution in [3.8, 4) is 0 Å². The lowest BCUT2D eigenvalue weighted by molar-refractivity contribution is 0.211. The first-order valence-corrected chi connectivity index (χ1v) is 8.31. The Balaban J connectivity index is 1.86. The lowest BCUT2D eigenvalue weighted by atomic mass is 10.1. The molecular weight excluding hydrogens is 333 g/mol. The van der Waals surface area contributed by atoms with Gasteiger partial charge in [-0.1, -0.05) is 30.8 Å². The maximum absolute atomic E-state index is 10.6. The predicted octanol–water partition coefficient (Wildman–Crippen LogP) is 2.16. The van der Waals surface area contributed by atoms with Crippen molar-refractivity contribution in [2.75, 3.05) is 0 Å². The highest BCUT2D eigenvalue weighted by atomic mass is 31.0. The molecule has 2 atom stereocenters. The fraction of sp³-hybridized carbons (Fsp3) is 0.111. The molecule has 0 saturated carbocycles. The molecule has 128 valence electrons. The van der Waals surface area contributed by atoms with Crippen molar-refractivity contribution in [2.24, 2.45) is 12.0 Å². The number of hydrogen-bond donors (Lipinski definition) is 3. The van der Waals surface area contributed by atoms with Crippen molar-refractivity contribution < 1.29 is 5.11 Å². The SMILES string of the molecule is C=C(N/C(=N\c1ccn[nH]1)c1cccn1C)C(O)c1ccc(P)cc1. The van der Waals surface area contributed by atoms with Crippen LogP contribution in [0.4, 0.5) is 5.82 Å². The van der Waals surface area contributed by atoms with Gasteiger partial charge in [0.15, 0.2) is 5.84 Å². The van der Waals surface area contributed by atoms with Crippen LogP contribution in [0, 0.1) is 0 Å². The van der Waals surface area contributed by atoms with Gasteiger partial charge in [0.2, 0.25) is 0 Å². The molecule has 0 saturated heterocycles. The van der Waals surface area contributed by atoms with Gasteiger partial charge in [-0.3, -0.25) is 5.10 Å². The van der Waals surface area contributed by atoms with Gasteiger partial charge < -0.3 is 15.0 Å². The minimum Gasteiger partial charge on any atom is -0.382 e. The normalized spacial score (nSPS) is 12.8. The van der Waals surface area contributed by atoms with Gasteiger partial charge >= 0.3 is 0 Å². The van der Waals surface area contributed by atoms with Gasteiger partial charge in [-0.25, -0.2) is 4.99 Å². The molecule has 0 aliphatic carbocycles. The lowest BCUT2D eigenvalue weighted by Crippen LogP contribution is -2.28. The van der Waals surface area contributed by atoms with Crippen LogP contribution in [0.2, 0.25) is 0 Å². The number of benzene rings is 1. The number of aliphatic imine (C=N–C) groups is 1. The van der Waals surface area contributed by atoms with Crippen molar-refractivity contribution in [1.29, 1.82) is 0 Å². The summed E-state index contributed by atoms with van der Waals surface area (Å²) in [4.78, 5) is 4.54. The van der Waals surface area contributed by atoms with E-state index in [2.05, 4.69) is 36.3 Å². The second kappa shape index (κ2) is 7.47. The molecule has 3 N–H and O–H groups in total. The summed E-state index contributed by atoms with van der Waals surface area (Å²) in [5, 5.41) is 21.5. The van der Waals surface area contributed by atoms with Crippen LogP contribution in [0.25, 0.3) is 0 Å². The molecule has 3 aromatic rings. The van der Waals surface area contributed by atoms with Gasteiger partial charge in [0, 0.05) is 25.0 Å². The third-order valence-corrected chi connectivity index (χ3v) is 4.15. The molecule has 2 unspecified atom stereocenters. The van der Waals surface area contributed by atoms with Crippen molar-refractivity contribution in [3.05, 3.63) is 78.4 Å². The molecule has 2 aromatic heterocycles. The van der Waals surface area contributed by atoms with E-state index in [0.29, 0.717) is 17.4 Å². The average molecular weight is 353 g/mol. The summed E-state index contributed by atoms with van der Waals surface area (Å²) >= 11 is 0. The molecule has 25 heavy (non-hydrogen) atoms.